The standard InChI is InChI=1S/C20H23N5O3S/c1-13-17(7-5-15-6-8-18(22-11-15)24-14(2)26)29-20(23-13)25-19(27)21-9-10-28-12-16-3-4-16/h6,8,11,16H,3-4,9-10,12H2,1-2H3,(H,22,24,26)(H2,21,23,25,27). The van der Waals surface area contributed by atoms with Gasteiger partial charge in [-0.25, -0.2) is 14.8 Å². The van der Waals surface area contributed by atoms with E-state index in [4.69, 9.17) is 4.74 Å². The van der Waals surface area contributed by atoms with Crippen molar-refractivity contribution in [1.82, 2.24) is 15.3 Å². The van der Waals surface area contributed by atoms with Gasteiger partial charge in [0.15, 0.2) is 5.13 Å². The average molecular weight is 414 g/mol. The van der Waals surface area contributed by atoms with Crippen LogP contribution in [0.3, 0.4) is 0 Å². The zero-order valence-corrected chi connectivity index (χ0v) is 17.2. The van der Waals surface area contributed by atoms with Crippen LogP contribution in [0.1, 0.15) is 35.9 Å². The number of nitrogens with zero attached hydrogens (tertiary/aromatic N) is 2. The van der Waals surface area contributed by atoms with E-state index in [-0.39, 0.29) is 11.9 Å². The lowest BCUT2D eigenvalue weighted by Gasteiger charge is -2.05. The number of ether oxygens (including phenoxy) is 1. The van der Waals surface area contributed by atoms with E-state index < -0.39 is 0 Å². The van der Waals surface area contributed by atoms with Crippen molar-refractivity contribution in [2.75, 3.05) is 30.4 Å². The molecule has 2 heterocycles. The number of aromatic nitrogens is 2. The van der Waals surface area contributed by atoms with E-state index >= 15 is 0 Å². The molecular weight excluding hydrogens is 390 g/mol. The maximum absolute atomic E-state index is 11.9. The highest BCUT2D eigenvalue weighted by molar-refractivity contribution is 7.16. The number of hydrogen-bond acceptors (Lipinski definition) is 6. The first kappa shape index (κ1) is 20.8. The van der Waals surface area contributed by atoms with E-state index in [1.165, 1.54) is 31.1 Å². The number of thiazole rings is 1. The third-order valence-electron chi connectivity index (χ3n) is 3.99. The SMILES string of the molecule is CC(=O)Nc1ccc(C#Cc2sc(NC(=O)NCCOCC3CC3)nc2C)cn1. The van der Waals surface area contributed by atoms with Crippen molar-refractivity contribution >= 4 is 34.2 Å². The van der Waals surface area contributed by atoms with Crippen molar-refractivity contribution in [2.24, 2.45) is 5.92 Å². The molecule has 0 radical (unpaired) electrons. The van der Waals surface area contributed by atoms with Crippen LogP contribution in [0.25, 0.3) is 0 Å². The molecule has 1 aliphatic rings. The summed E-state index contributed by atoms with van der Waals surface area (Å²) in [7, 11) is 0. The van der Waals surface area contributed by atoms with Crippen molar-refractivity contribution in [2.45, 2.75) is 26.7 Å². The van der Waals surface area contributed by atoms with E-state index in [1.807, 2.05) is 6.92 Å². The third kappa shape index (κ3) is 7.18. The first-order chi connectivity index (χ1) is 14.0. The molecule has 0 aromatic carbocycles. The first-order valence-electron chi connectivity index (χ1n) is 9.35. The van der Waals surface area contributed by atoms with Gasteiger partial charge in [-0.3, -0.25) is 10.1 Å². The summed E-state index contributed by atoms with van der Waals surface area (Å²) < 4.78 is 5.48. The Hall–Kier alpha value is -2.96. The Morgan fingerprint density at radius 1 is 1.28 bits per heavy atom. The zero-order chi connectivity index (χ0) is 20.6. The number of carbonyl (C=O) groups is 2. The molecule has 1 fully saturated rings. The molecule has 0 spiro atoms. The van der Waals surface area contributed by atoms with Crippen LogP contribution in [-0.2, 0) is 9.53 Å². The van der Waals surface area contributed by atoms with Gasteiger partial charge in [0, 0.05) is 31.8 Å². The number of rotatable bonds is 7. The molecule has 0 saturated heterocycles. The third-order valence-corrected chi connectivity index (χ3v) is 4.98. The fraction of sp³-hybridized carbons (Fsp3) is 0.400. The normalized spacial score (nSPS) is 12.6. The maximum Gasteiger partial charge on any atom is 0.321 e. The minimum absolute atomic E-state index is 0.175. The fourth-order valence-electron chi connectivity index (χ4n) is 2.33. The topological polar surface area (TPSA) is 105 Å². The van der Waals surface area contributed by atoms with E-state index in [2.05, 4.69) is 37.8 Å². The molecule has 2 aromatic rings. The van der Waals surface area contributed by atoms with E-state index in [0.29, 0.717) is 35.6 Å². The Bertz CT molecular complexity index is 926. The second-order valence-corrected chi connectivity index (χ2v) is 7.70. The van der Waals surface area contributed by atoms with Gasteiger partial charge in [-0.1, -0.05) is 17.3 Å². The molecular formula is C20H23N5O3S. The van der Waals surface area contributed by atoms with Crippen molar-refractivity contribution < 1.29 is 14.3 Å². The van der Waals surface area contributed by atoms with Gasteiger partial charge in [0.05, 0.1) is 12.3 Å². The van der Waals surface area contributed by atoms with Crippen LogP contribution < -0.4 is 16.0 Å². The van der Waals surface area contributed by atoms with E-state index in [1.54, 1.807) is 18.3 Å². The van der Waals surface area contributed by atoms with Gasteiger partial charge < -0.3 is 15.4 Å². The van der Waals surface area contributed by atoms with Gasteiger partial charge >= 0.3 is 6.03 Å². The van der Waals surface area contributed by atoms with Crippen molar-refractivity contribution in [3.8, 4) is 11.8 Å². The predicted octanol–water partition coefficient (Wildman–Crippen LogP) is 2.75. The van der Waals surface area contributed by atoms with E-state index in [0.717, 1.165) is 17.2 Å². The number of urea groups is 1. The molecule has 0 bridgehead atoms. The summed E-state index contributed by atoms with van der Waals surface area (Å²) in [5, 5.41) is 8.56. The minimum Gasteiger partial charge on any atom is -0.379 e. The molecule has 9 heteroatoms. The molecule has 2 aromatic heterocycles. The highest BCUT2D eigenvalue weighted by atomic mass is 32.1. The van der Waals surface area contributed by atoms with Crippen LogP contribution in [0.5, 0.6) is 0 Å². The maximum atomic E-state index is 11.9. The van der Waals surface area contributed by atoms with Gasteiger partial charge in [-0.2, -0.15) is 0 Å². The van der Waals surface area contributed by atoms with Crippen LogP contribution in [0.2, 0.25) is 0 Å². The predicted molar refractivity (Wildman–Crippen MR) is 112 cm³/mol. The van der Waals surface area contributed by atoms with Crippen LogP contribution in [0.4, 0.5) is 15.7 Å². The summed E-state index contributed by atoms with van der Waals surface area (Å²) in [6.45, 7) is 5.01. The van der Waals surface area contributed by atoms with Gasteiger partial charge in [-0.05, 0) is 43.7 Å². The Morgan fingerprint density at radius 3 is 2.79 bits per heavy atom. The Kier molecular flexibility index (Phi) is 7.16. The zero-order valence-electron chi connectivity index (χ0n) is 16.4. The van der Waals surface area contributed by atoms with Gasteiger partial charge in [0.25, 0.3) is 0 Å². The number of amides is 3. The molecule has 0 aliphatic heterocycles. The van der Waals surface area contributed by atoms with Crippen molar-refractivity contribution in [1.29, 1.82) is 0 Å². The summed E-state index contributed by atoms with van der Waals surface area (Å²) in [4.78, 5) is 32.2. The summed E-state index contributed by atoms with van der Waals surface area (Å²) in [5.41, 5.74) is 1.46. The summed E-state index contributed by atoms with van der Waals surface area (Å²) in [6, 6.07) is 3.15. The van der Waals surface area contributed by atoms with Gasteiger partial charge in [0.2, 0.25) is 5.91 Å². The lowest BCUT2D eigenvalue weighted by atomic mass is 10.2. The number of hydrogen-bond donors (Lipinski definition) is 3. The minimum atomic E-state index is -0.314. The Balaban J connectivity index is 1.48. The number of nitrogens with one attached hydrogen (secondary N) is 3. The molecule has 3 amide bonds. The molecule has 0 unspecified atom stereocenters. The quantitative estimate of drug-likeness (QED) is 0.478. The molecule has 1 aliphatic carbocycles. The molecule has 3 N–H and O–H groups in total. The van der Waals surface area contributed by atoms with Crippen molar-refractivity contribution in [3.05, 3.63) is 34.5 Å². The lowest BCUT2D eigenvalue weighted by molar-refractivity contribution is -0.114. The lowest BCUT2D eigenvalue weighted by Crippen LogP contribution is -2.31. The van der Waals surface area contributed by atoms with Gasteiger partial charge in [-0.15, -0.1) is 0 Å². The molecule has 0 atom stereocenters. The molecule has 1 saturated carbocycles. The van der Waals surface area contributed by atoms with E-state index in [9.17, 15) is 9.59 Å². The molecule has 29 heavy (non-hydrogen) atoms. The number of carbonyl (C=O) groups excluding carboxylic acids is 2. The first-order valence-corrected chi connectivity index (χ1v) is 10.2. The molecule has 8 nitrogen and oxygen atoms in total. The molecule has 152 valence electrons. The van der Waals surface area contributed by atoms with Crippen LogP contribution >= 0.6 is 11.3 Å². The van der Waals surface area contributed by atoms with Gasteiger partial charge in [0.1, 0.15) is 10.7 Å². The second-order valence-electron chi connectivity index (χ2n) is 6.70. The Morgan fingerprint density at radius 2 is 2.10 bits per heavy atom. The van der Waals surface area contributed by atoms with Crippen LogP contribution in [0, 0.1) is 24.7 Å². The van der Waals surface area contributed by atoms with Crippen molar-refractivity contribution in [3.63, 3.8) is 0 Å². The van der Waals surface area contributed by atoms with Crippen LogP contribution in [0.15, 0.2) is 18.3 Å². The summed E-state index contributed by atoms with van der Waals surface area (Å²) in [5.74, 6) is 7.08. The summed E-state index contributed by atoms with van der Waals surface area (Å²) >= 11 is 1.31. The smallest absolute Gasteiger partial charge is 0.321 e. The number of anilines is 2. The number of aryl methyl sites for hydroxylation is 1. The van der Waals surface area contributed by atoms with Crippen LogP contribution in [-0.4, -0.2) is 41.7 Å². The molecule has 3 rings (SSSR count). The number of pyridine rings is 1. The fourth-order valence-corrected chi connectivity index (χ4v) is 3.14. The second kappa shape index (κ2) is 10.0. The summed E-state index contributed by atoms with van der Waals surface area (Å²) in [6.07, 6.45) is 4.09. The Labute approximate surface area is 173 Å². The largest absolute Gasteiger partial charge is 0.379 e. The average Bonchev–Trinajstić information content (AvgIpc) is 3.43. The highest BCUT2D eigenvalue weighted by Crippen LogP contribution is 2.28. The highest BCUT2D eigenvalue weighted by Gasteiger charge is 2.20. The monoisotopic (exact) mass is 413 g/mol.